The Kier molecular flexibility index (Phi) is 7.29. The van der Waals surface area contributed by atoms with Gasteiger partial charge in [-0.15, -0.1) is 0 Å². The summed E-state index contributed by atoms with van der Waals surface area (Å²) in [6.07, 6.45) is 5.07. The SMILES string of the molecule is CCCNC(CC(C)CCC)C(C)(C)c1ccccc1. The summed E-state index contributed by atoms with van der Waals surface area (Å²) < 4.78 is 0. The highest BCUT2D eigenvalue weighted by atomic mass is 14.9. The zero-order chi connectivity index (χ0) is 15.0. The molecule has 2 unspecified atom stereocenters. The van der Waals surface area contributed by atoms with Crippen molar-refractivity contribution < 1.29 is 0 Å². The molecule has 1 N–H and O–H groups in total. The maximum Gasteiger partial charge on any atom is 0.0161 e. The van der Waals surface area contributed by atoms with Gasteiger partial charge in [0.15, 0.2) is 0 Å². The summed E-state index contributed by atoms with van der Waals surface area (Å²) >= 11 is 0. The Hall–Kier alpha value is -0.820. The molecule has 0 saturated heterocycles. The van der Waals surface area contributed by atoms with Crippen LogP contribution in [-0.4, -0.2) is 12.6 Å². The second-order valence-corrected chi connectivity index (χ2v) is 6.72. The molecule has 0 radical (unpaired) electrons. The molecule has 0 heterocycles. The van der Waals surface area contributed by atoms with Gasteiger partial charge in [0.1, 0.15) is 0 Å². The number of nitrogens with one attached hydrogen (secondary N) is 1. The molecule has 0 aliphatic rings. The van der Waals surface area contributed by atoms with E-state index < -0.39 is 0 Å². The monoisotopic (exact) mass is 275 g/mol. The van der Waals surface area contributed by atoms with E-state index in [-0.39, 0.29) is 5.41 Å². The lowest BCUT2D eigenvalue weighted by Gasteiger charge is -2.37. The average molecular weight is 275 g/mol. The molecule has 0 aliphatic heterocycles. The first-order chi connectivity index (χ1) is 9.52. The fraction of sp³-hybridized carbons (Fsp3) is 0.684. The van der Waals surface area contributed by atoms with Crippen LogP contribution >= 0.6 is 0 Å². The molecule has 0 bridgehead atoms. The first kappa shape index (κ1) is 17.2. The average Bonchev–Trinajstić information content (AvgIpc) is 2.44. The minimum atomic E-state index is 0.179. The minimum Gasteiger partial charge on any atom is -0.313 e. The Bertz CT molecular complexity index is 355. The summed E-state index contributed by atoms with van der Waals surface area (Å²) in [7, 11) is 0. The molecule has 1 aromatic carbocycles. The van der Waals surface area contributed by atoms with Gasteiger partial charge < -0.3 is 5.32 Å². The third-order valence-electron chi connectivity index (χ3n) is 4.45. The van der Waals surface area contributed by atoms with Crippen LogP contribution in [0.1, 0.15) is 65.9 Å². The van der Waals surface area contributed by atoms with Gasteiger partial charge in [-0.2, -0.15) is 0 Å². The second-order valence-electron chi connectivity index (χ2n) is 6.72. The van der Waals surface area contributed by atoms with Gasteiger partial charge in [-0.1, -0.05) is 77.8 Å². The minimum absolute atomic E-state index is 0.179. The normalized spacial score (nSPS) is 15.1. The standard InChI is InChI=1S/C19H33N/c1-6-11-16(3)15-18(20-14-7-2)19(4,5)17-12-9-8-10-13-17/h8-10,12-13,16,18,20H,6-7,11,14-15H2,1-5H3. The predicted octanol–water partition coefficient (Wildman–Crippen LogP) is 5.16. The summed E-state index contributed by atoms with van der Waals surface area (Å²) in [5.74, 6) is 0.789. The van der Waals surface area contributed by atoms with E-state index in [1.165, 1.54) is 31.2 Å². The van der Waals surface area contributed by atoms with Crippen molar-refractivity contribution in [3.8, 4) is 0 Å². The lowest BCUT2D eigenvalue weighted by molar-refractivity contribution is 0.280. The van der Waals surface area contributed by atoms with Gasteiger partial charge in [0.2, 0.25) is 0 Å². The van der Waals surface area contributed by atoms with Crippen molar-refractivity contribution in [1.29, 1.82) is 0 Å². The second kappa shape index (κ2) is 8.46. The van der Waals surface area contributed by atoms with Crippen LogP contribution in [0.2, 0.25) is 0 Å². The maximum atomic E-state index is 3.80. The van der Waals surface area contributed by atoms with E-state index in [1.54, 1.807) is 0 Å². The first-order valence-electron chi connectivity index (χ1n) is 8.31. The van der Waals surface area contributed by atoms with Crippen LogP contribution in [0.3, 0.4) is 0 Å². The van der Waals surface area contributed by atoms with Crippen LogP contribution in [0.25, 0.3) is 0 Å². The number of hydrogen-bond donors (Lipinski definition) is 1. The summed E-state index contributed by atoms with van der Waals surface area (Å²) in [4.78, 5) is 0. The fourth-order valence-corrected chi connectivity index (χ4v) is 3.03. The summed E-state index contributed by atoms with van der Waals surface area (Å²) in [6.45, 7) is 12.8. The molecule has 0 amide bonds. The lowest BCUT2D eigenvalue weighted by Crippen LogP contribution is -2.46. The molecule has 1 heteroatoms. The molecule has 1 nitrogen and oxygen atoms in total. The van der Waals surface area contributed by atoms with Crippen LogP contribution in [-0.2, 0) is 5.41 Å². The zero-order valence-electron chi connectivity index (χ0n) is 14.1. The number of benzene rings is 1. The molecule has 0 aliphatic carbocycles. The summed E-state index contributed by atoms with van der Waals surface area (Å²) in [5, 5.41) is 3.80. The third-order valence-corrected chi connectivity index (χ3v) is 4.45. The van der Waals surface area contributed by atoms with Crippen LogP contribution < -0.4 is 5.32 Å². The summed E-state index contributed by atoms with van der Waals surface area (Å²) in [6, 6.07) is 11.5. The van der Waals surface area contributed by atoms with Crippen molar-refractivity contribution in [3.63, 3.8) is 0 Å². The van der Waals surface area contributed by atoms with Crippen molar-refractivity contribution in [2.45, 2.75) is 71.8 Å². The molecule has 0 fully saturated rings. The van der Waals surface area contributed by atoms with Crippen LogP contribution in [0.15, 0.2) is 30.3 Å². The molecule has 1 rings (SSSR count). The van der Waals surface area contributed by atoms with Crippen LogP contribution in [0, 0.1) is 5.92 Å². The predicted molar refractivity (Wildman–Crippen MR) is 90.2 cm³/mol. The van der Waals surface area contributed by atoms with Crippen molar-refractivity contribution in [3.05, 3.63) is 35.9 Å². The van der Waals surface area contributed by atoms with Crippen molar-refractivity contribution in [1.82, 2.24) is 5.32 Å². The van der Waals surface area contributed by atoms with Gasteiger partial charge in [-0.05, 0) is 30.9 Å². The largest absolute Gasteiger partial charge is 0.313 e. The van der Waals surface area contributed by atoms with Gasteiger partial charge in [0.25, 0.3) is 0 Å². The Morgan fingerprint density at radius 2 is 1.70 bits per heavy atom. The van der Waals surface area contributed by atoms with E-state index in [4.69, 9.17) is 0 Å². The highest BCUT2D eigenvalue weighted by Crippen LogP contribution is 2.31. The Morgan fingerprint density at radius 3 is 2.25 bits per heavy atom. The molecular weight excluding hydrogens is 242 g/mol. The van der Waals surface area contributed by atoms with Gasteiger partial charge in [-0.3, -0.25) is 0 Å². The van der Waals surface area contributed by atoms with E-state index in [0.717, 1.165) is 12.5 Å². The fourth-order valence-electron chi connectivity index (χ4n) is 3.03. The van der Waals surface area contributed by atoms with Gasteiger partial charge in [0.05, 0.1) is 0 Å². The van der Waals surface area contributed by atoms with Crippen LogP contribution in [0.5, 0.6) is 0 Å². The molecule has 1 aromatic rings. The van der Waals surface area contributed by atoms with Crippen molar-refractivity contribution in [2.75, 3.05) is 6.54 Å². The van der Waals surface area contributed by atoms with E-state index in [1.807, 2.05) is 0 Å². The molecule has 0 saturated carbocycles. The van der Waals surface area contributed by atoms with Gasteiger partial charge in [0, 0.05) is 11.5 Å². The lowest BCUT2D eigenvalue weighted by atomic mass is 9.74. The molecule has 0 spiro atoms. The van der Waals surface area contributed by atoms with E-state index >= 15 is 0 Å². The highest BCUT2D eigenvalue weighted by molar-refractivity contribution is 5.25. The molecule has 20 heavy (non-hydrogen) atoms. The van der Waals surface area contributed by atoms with E-state index in [9.17, 15) is 0 Å². The van der Waals surface area contributed by atoms with Gasteiger partial charge in [-0.25, -0.2) is 0 Å². The quantitative estimate of drug-likeness (QED) is 0.656. The smallest absolute Gasteiger partial charge is 0.0161 e. The van der Waals surface area contributed by atoms with E-state index in [0.29, 0.717) is 6.04 Å². The highest BCUT2D eigenvalue weighted by Gasteiger charge is 2.31. The summed E-state index contributed by atoms with van der Waals surface area (Å²) in [5.41, 5.74) is 1.62. The molecule has 2 atom stereocenters. The topological polar surface area (TPSA) is 12.0 Å². The Labute approximate surface area is 126 Å². The Balaban J connectivity index is 2.84. The van der Waals surface area contributed by atoms with Crippen LogP contribution in [0.4, 0.5) is 0 Å². The Morgan fingerprint density at radius 1 is 1.05 bits per heavy atom. The molecule has 114 valence electrons. The maximum absolute atomic E-state index is 3.80. The third kappa shape index (κ3) is 4.94. The van der Waals surface area contributed by atoms with Crippen molar-refractivity contribution in [2.24, 2.45) is 5.92 Å². The van der Waals surface area contributed by atoms with E-state index in [2.05, 4.69) is 70.3 Å². The van der Waals surface area contributed by atoms with Crippen molar-refractivity contribution >= 4 is 0 Å². The molecular formula is C19H33N. The number of rotatable bonds is 9. The number of hydrogen-bond acceptors (Lipinski definition) is 1. The zero-order valence-corrected chi connectivity index (χ0v) is 14.1. The first-order valence-corrected chi connectivity index (χ1v) is 8.31. The molecule has 0 aromatic heterocycles. The van der Waals surface area contributed by atoms with Gasteiger partial charge >= 0.3 is 0 Å².